The fraction of sp³-hybridized carbons (Fsp3) is 0.360. The Bertz CT molecular complexity index is 1380. The lowest BCUT2D eigenvalue weighted by Crippen LogP contribution is -2.49. The van der Waals surface area contributed by atoms with Gasteiger partial charge in [-0.2, -0.15) is 39.5 Å². The molecule has 0 aromatic heterocycles. The largest absolute Gasteiger partial charge is 0.417 e. The van der Waals surface area contributed by atoms with E-state index in [-0.39, 0.29) is 40.1 Å². The molecule has 0 bridgehead atoms. The summed E-state index contributed by atoms with van der Waals surface area (Å²) in [4.78, 5) is 25.0. The van der Waals surface area contributed by atoms with E-state index in [9.17, 15) is 49.1 Å². The summed E-state index contributed by atoms with van der Waals surface area (Å²) in [7, 11) is 0. The number of allylic oxidation sites excluding steroid dienone is 1. The van der Waals surface area contributed by atoms with Gasteiger partial charge in [-0.1, -0.05) is 40.9 Å². The van der Waals surface area contributed by atoms with Gasteiger partial charge in [0.05, 0.1) is 32.6 Å². The second kappa shape index (κ2) is 12.1. The fourth-order valence-corrected chi connectivity index (χ4v) is 4.42. The molecule has 2 amide bonds. The highest BCUT2D eigenvalue weighted by atomic mass is 35.5. The highest BCUT2D eigenvalue weighted by Gasteiger charge is 2.52. The van der Waals surface area contributed by atoms with Crippen molar-refractivity contribution in [2.75, 3.05) is 6.54 Å². The van der Waals surface area contributed by atoms with E-state index < -0.39 is 82.8 Å². The average Bonchev–Trinajstić information content (AvgIpc) is 3.63. The SMILES string of the molecule is O=C(NC1(C(=O)NCCC(F)(F)F)CC1)c1ccc(/C(F)=C/C(c2cc(Cl)c(Cl)c(Cl)c2)C(F)(F)F)cc1C(F)(F)F. The van der Waals surface area contributed by atoms with Crippen molar-refractivity contribution in [1.82, 2.24) is 10.6 Å². The number of hydrogen-bond acceptors (Lipinski definition) is 2. The molecule has 42 heavy (non-hydrogen) atoms. The standard InChI is InChI=1S/C25H17Cl3F10N2O2/c26-16-8-12(9-17(27)19(16)28)14(24(33,34)35)10-18(29)11-1-2-13(15(7-11)25(36,37)38)20(41)40-22(3-4-22)21(42)39-6-5-23(30,31)32/h1-2,7-10,14H,3-6H2,(H,39,42)(H,40,41)/b18-10-. The van der Waals surface area contributed by atoms with Gasteiger partial charge in [-0.15, -0.1) is 0 Å². The van der Waals surface area contributed by atoms with Crippen molar-refractivity contribution in [3.63, 3.8) is 0 Å². The minimum absolute atomic E-state index is 0.00436. The van der Waals surface area contributed by atoms with Gasteiger partial charge in [-0.05, 0) is 48.7 Å². The maximum Gasteiger partial charge on any atom is 0.417 e. The van der Waals surface area contributed by atoms with Crippen molar-refractivity contribution < 1.29 is 53.5 Å². The van der Waals surface area contributed by atoms with Gasteiger partial charge in [0, 0.05) is 12.1 Å². The smallest absolute Gasteiger partial charge is 0.354 e. The van der Waals surface area contributed by atoms with E-state index in [0.29, 0.717) is 12.1 Å². The number of halogens is 13. The number of carbonyl (C=O) groups is 2. The summed E-state index contributed by atoms with van der Waals surface area (Å²) in [5.41, 5.74) is -6.22. The molecule has 2 aromatic rings. The lowest BCUT2D eigenvalue weighted by Gasteiger charge is -2.20. The molecule has 2 N–H and O–H groups in total. The Morgan fingerprint density at radius 3 is 1.98 bits per heavy atom. The average molecular weight is 674 g/mol. The minimum atomic E-state index is -5.31. The van der Waals surface area contributed by atoms with Crippen molar-refractivity contribution in [2.45, 2.75) is 49.2 Å². The third-order valence-corrected chi connectivity index (χ3v) is 7.30. The van der Waals surface area contributed by atoms with Crippen LogP contribution in [0.2, 0.25) is 15.1 Å². The third-order valence-electron chi connectivity index (χ3n) is 6.11. The first kappa shape index (κ1) is 33.8. The van der Waals surface area contributed by atoms with Gasteiger partial charge in [-0.25, -0.2) is 4.39 Å². The van der Waals surface area contributed by atoms with Gasteiger partial charge >= 0.3 is 18.5 Å². The lowest BCUT2D eigenvalue weighted by atomic mass is 9.95. The first-order valence-electron chi connectivity index (χ1n) is 11.6. The molecule has 0 spiro atoms. The normalized spacial score (nSPS) is 16.2. The predicted molar refractivity (Wildman–Crippen MR) is 134 cm³/mol. The van der Waals surface area contributed by atoms with E-state index in [4.69, 9.17) is 34.8 Å². The summed E-state index contributed by atoms with van der Waals surface area (Å²) in [5, 5.41) is 2.95. The van der Waals surface area contributed by atoms with Crippen LogP contribution in [0.1, 0.15) is 52.2 Å². The Morgan fingerprint density at radius 2 is 1.50 bits per heavy atom. The second-order valence-electron chi connectivity index (χ2n) is 9.25. The quantitative estimate of drug-likeness (QED) is 0.218. The van der Waals surface area contributed by atoms with Crippen molar-refractivity contribution >= 4 is 52.4 Å². The molecule has 0 heterocycles. The molecule has 1 atom stereocenters. The summed E-state index contributed by atoms with van der Waals surface area (Å²) in [5.74, 6) is -6.95. The molecule has 2 aromatic carbocycles. The molecule has 230 valence electrons. The molecule has 1 saturated carbocycles. The molecule has 0 aliphatic heterocycles. The molecule has 17 heteroatoms. The summed E-state index contributed by atoms with van der Waals surface area (Å²) in [6, 6.07) is 2.75. The summed E-state index contributed by atoms with van der Waals surface area (Å²) >= 11 is 17.3. The van der Waals surface area contributed by atoms with E-state index >= 15 is 4.39 Å². The number of carbonyl (C=O) groups excluding carboxylic acids is 2. The van der Waals surface area contributed by atoms with Crippen LogP contribution in [0.3, 0.4) is 0 Å². The van der Waals surface area contributed by atoms with Crippen LogP contribution in [-0.4, -0.2) is 36.3 Å². The first-order valence-corrected chi connectivity index (χ1v) is 12.8. The number of nitrogens with one attached hydrogen (secondary N) is 2. The van der Waals surface area contributed by atoms with Gasteiger partial charge in [0.1, 0.15) is 17.3 Å². The van der Waals surface area contributed by atoms with Gasteiger partial charge < -0.3 is 10.6 Å². The monoisotopic (exact) mass is 672 g/mol. The zero-order valence-electron chi connectivity index (χ0n) is 20.6. The second-order valence-corrected chi connectivity index (χ2v) is 10.4. The van der Waals surface area contributed by atoms with Crippen LogP contribution in [0.5, 0.6) is 0 Å². The van der Waals surface area contributed by atoms with E-state index in [2.05, 4.69) is 5.32 Å². The molecule has 1 unspecified atom stereocenters. The van der Waals surface area contributed by atoms with Crippen molar-refractivity contribution in [2.24, 2.45) is 0 Å². The summed E-state index contributed by atoms with van der Waals surface area (Å²) < 4.78 is 135. The van der Waals surface area contributed by atoms with Crippen LogP contribution in [0.15, 0.2) is 36.4 Å². The van der Waals surface area contributed by atoms with E-state index in [1.54, 1.807) is 0 Å². The summed E-state index contributed by atoms with van der Waals surface area (Å²) in [6.45, 7) is -0.832. The van der Waals surface area contributed by atoms with Crippen molar-refractivity contribution in [1.29, 1.82) is 0 Å². The number of hydrogen-bond donors (Lipinski definition) is 2. The number of benzene rings is 2. The Kier molecular flexibility index (Phi) is 9.75. The zero-order chi connectivity index (χ0) is 31.8. The van der Waals surface area contributed by atoms with Gasteiger partial charge in [0.15, 0.2) is 0 Å². The maximum atomic E-state index is 15.0. The molecule has 3 rings (SSSR count). The van der Waals surface area contributed by atoms with Gasteiger partial charge in [0.2, 0.25) is 5.91 Å². The Hall–Kier alpha value is -2.71. The topological polar surface area (TPSA) is 58.2 Å². The molecule has 1 aliphatic rings. The highest BCUT2D eigenvalue weighted by Crippen LogP contribution is 2.43. The minimum Gasteiger partial charge on any atom is -0.354 e. The molecular formula is C25H17Cl3F10N2O2. The number of amides is 2. The number of alkyl halides is 9. The zero-order valence-corrected chi connectivity index (χ0v) is 22.9. The Labute approximate surface area is 246 Å². The maximum absolute atomic E-state index is 15.0. The van der Waals surface area contributed by atoms with E-state index in [1.807, 2.05) is 5.32 Å². The van der Waals surface area contributed by atoms with Crippen LogP contribution < -0.4 is 10.6 Å². The van der Waals surface area contributed by atoms with E-state index in [0.717, 1.165) is 12.1 Å². The fourth-order valence-electron chi connectivity index (χ4n) is 3.81. The molecule has 1 aliphatic carbocycles. The van der Waals surface area contributed by atoms with Crippen LogP contribution in [0, 0.1) is 0 Å². The molecular weight excluding hydrogens is 657 g/mol. The molecule has 0 saturated heterocycles. The number of rotatable bonds is 8. The lowest BCUT2D eigenvalue weighted by molar-refractivity contribution is -0.140. The van der Waals surface area contributed by atoms with Gasteiger partial charge in [-0.3, -0.25) is 9.59 Å². The third kappa shape index (κ3) is 8.22. The molecule has 4 nitrogen and oxygen atoms in total. The van der Waals surface area contributed by atoms with Crippen molar-refractivity contribution in [3.05, 3.63) is 73.7 Å². The van der Waals surface area contributed by atoms with Crippen LogP contribution in [0.25, 0.3) is 5.83 Å². The Morgan fingerprint density at radius 1 is 0.929 bits per heavy atom. The van der Waals surface area contributed by atoms with E-state index in [1.165, 1.54) is 0 Å². The first-order chi connectivity index (χ1) is 19.1. The van der Waals surface area contributed by atoms with Crippen LogP contribution in [-0.2, 0) is 11.0 Å². The Balaban J connectivity index is 1.92. The van der Waals surface area contributed by atoms with Crippen LogP contribution >= 0.6 is 34.8 Å². The molecule has 0 radical (unpaired) electrons. The van der Waals surface area contributed by atoms with Gasteiger partial charge in [0.25, 0.3) is 5.91 Å². The van der Waals surface area contributed by atoms with Crippen molar-refractivity contribution in [3.8, 4) is 0 Å². The van der Waals surface area contributed by atoms with Crippen LogP contribution in [0.4, 0.5) is 43.9 Å². The molecule has 1 fully saturated rings. The predicted octanol–water partition coefficient (Wildman–Crippen LogP) is 8.65. The highest BCUT2D eigenvalue weighted by molar-refractivity contribution is 6.48. The summed E-state index contributed by atoms with van der Waals surface area (Å²) in [6.07, 6.45) is -16.6.